The van der Waals surface area contributed by atoms with Gasteiger partial charge in [0.1, 0.15) is 0 Å². The highest BCUT2D eigenvalue weighted by Crippen LogP contribution is 2.48. The molecule has 0 spiro atoms. The first-order chi connectivity index (χ1) is 73.0. The first kappa shape index (κ1) is 96.1. The molecule has 0 amide bonds. The highest BCUT2D eigenvalue weighted by Gasteiger charge is 2.25. The Balaban J connectivity index is 0.000000130. The summed E-state index contributed by atoms with van der Waals surface area (Å²) in [4.78, 5) is 14.1. The molecule has 0 aliphatic heterocycles. The van der Waals surface area contributed by atoms with Crippen molar-refractivity contribution in [2.75, 3.05) is 29.4 Å². The van der Waals surface area contributed by atoms with Gasteiger partial charge in [0.15, 0.2) is 0 Å². The number of nitrogens with zero attached hydrogens (tertiary/aromatic N) is 6. The summed E-state index contributed by atoms with van der Waals surface area (Å²) < 4.78 is 0. The van der Waals surface area contributed by atoms with Crippen molar-refractivity contribution < 1.29 is 0 Å². The quantitative estimate of drug-likeness (QED) is 0.0483. The minimum absolute atomic E-state index is 0.525. The molecule has 6 heteroatoms. The lowest BCUT2D eigenvalue weighted by atomic mass is 9.98. The van der Waals surface area contributed by atoms with E-state index >= 15 is 0 Å². The van der Waals surface area contributed by atoms with Gasteiger partial charge in [-0.05, 0) is 348 Å². The molecule has 0 saturated heterocycles. The van der Waals surface area contributed by atoms with Gasteiger partial charge in [0.2, 0.25) is 0 Å². The Bertz CT molecular complexity index is 8220. The molecule has 718 valence electrons. The topological polar surface area (TPSA) is 19.4 Å². The van der Waals surface area contributed by atoms with Crippen LogP contribution in [0.3, 0.4) is 0 Å². The van der Waals surface area contributed by atoms with Gasteiger partial charge in [-0.1, -0.05) is 393 Å². The molecule has 0 heterocycles. The van der Waals surface area contributed by atoms with Crippen LogP contribution in [-0.2, 0) is 0 Å². The summed E-state index contributed by atoms with van der Waals surface area (Å²) in [5, 5.41) is 9.83. The Kier molecular flexibility index (Phi) is 29.4. The van der Waals surface area contributed by atoms with Gasteiger partial charge in [0.05, 0.1) is 5.69 Å². The fourth-order valence-corrected chi connectivity index (χ4v) is 20.1. The number of benzene rings is 23. The molecule has 148 heavy (non-hydrogen) atoms. The predicted octanol–water partition coefficient (Wildman–Crippen LogP) is 41.7. The maximum Gasteiger partial charge on any atom is 0.0540 e. The SMILES string of the molecule is CCC(C)c1ccc(N(c2ccc(N(c3ccc(-c4ccccc4)cc3)c3ccc(-c4ccccc4)cc3)cc2)c2ccc3ccccc3c2)cc1.CCC(C)c1ccc(N(c2ccc(N(c3ccc(-c4ccccc4)cc3)c3cccc4ccccc34)cc2)c2ccc3ccccc3c2)cc1.CCC(C)c1ccc(N(c2ccc(N(c3ccccc3)c3ccc(-c4ccccc4)cc3)cc2)c2ccc3ccccc3c2)cc1. The van der Waals surface area contributed by atoms with Crippen LogP contribution in [0, 0.1) is 0 Å². The number of hydrogen-bond donors (Lipinski definition) is 0. The average molecular weight is 1910 g/mol. The van der Waals surface area contributed by atoms with Gasteiger partial charge in [-0.3, -0.25) is 0 Å². The van der Waals surface area contributed by atoms with E-state index < -0.39 is 0 Å². The van der Waals surface area contributed by atoms with Gasteiger partial charge in [-0.15, -0.1) is 0 Å². The fraction of sp³-hybridized carbons (Fsp3) is 0.0845. The lowest BCUT2D eigenvalue weighted by Gasteiger charge is -2.29. The largest absolute Gasteiger partial charge is 0.311 e. The van der Waals surface area contributed by atoms with Gasteiger partial charge in [0.25, 0.3) is 0 Å². The Morgan fingerprint density at radius 2 is 0.311 bits per heavy atom. The smallest absolute Gasteiger partial charge is 0.0540 e. The van der Waals surface area contributed by atoms with E-state index in [-0.39, 0.29) is 0 Å². The normalized spacial score (nSPS) is 11.7. The third-order valence-corrected chi connectivity index (χ3v) is 29.0. The lowest BCUT2D eigenvalue weighted by molar-refractivity contribution is 0.733. The third-order valence-electron chi connectivity index (χ3n) is 29.0. The molecule has 0 aliphatic carbocycles. The standard InChI is InChI=1S/C50H42N2.C48H40N2.C44H38N2/c1-3-37(2)38-18-25-47(26-19-38)52(50-31-24-41-16-10-11-17-44(41)36-50)49-34-32-48(33-35-49)51(45-27-20-42(21-28-45)39-12-6-4-7-13-39)46-29-22-43(23-30-46)40-14-8-5-9-15-40;1-3-35(2)36-20-25-42(26-21-36)49(46-29-24-38-14-7-8-16-41(38)34-46)43-30-32-45(33-31-43)50(48-19-11-17-40-15-9-10-18-47(40)48)44-27-22-39(23-28-44)37-12-5-4-6-13-37;1-3-33(2)34-18-23-41(24-19-34)46(44-27-22-36-14-10-11-15-38(36)32-44)43-30-28-42(29-31-43)45(39-16-8-5-9-17-39)40-25-20-37(21-26-40)35-12-6-4-7-13-35/h4-37H,3H2,1-2H3;4-35H,3H2,1-2H3;4-33H,3H2,1-2H3. The van der Waals surface area contributed by atoms with Gasteiger partial charge in [0, 0.05) is 102 Å². The zero-order valence-corrected chi connectivity index (χ0v) is 84.7. The van der Waals surface area contributed by atoms with E-state index in [0.717, 1.165) is 122 Å². The number of hydrogen-bond acceptors (Lipinski definition) is 6. The van der Waals surface area contributed by atoms with E-state index in [1.807, 2.05) is 0 Å². The van der Waals surface area contributed by atoms with Crippen LogP contribution in [0.2, 0.25) is 0 Å². The maximum atomic E-state index is 2.38. The van der Waals surface area contributed by atoms with E-state index in [0.29, 0.717) is 17.8 Å². The van der Waals surface area contributed by atoms with E-state index in [2.05, 4.69) is 635 Å². The highest BCUT2D eigenvalue weighted by atomic mass is 15.2. The first-order valence-electron chi connectivity index (χ1n) is 52.0. The summed E-state index contributed by atoms with van der Waals surface area (Å²) in [6, 6.07) is 204. The summed E-state index contributed by atoms with van der Waals surface area (Å²) in [7, 11) is 0. The van der Waals surface area contributed by atoms with Crippen LogP contribution in [0.5, 0.6) is 0 Å². The molecule has 23 aromatic carbocycles. The van der Waals surface area contributed by atoms with Crippen molar-refractivity contribution in [1.82, 2.24) is 0 Å². The van der Waals surface area contributed by atoms with Crippen LogP contribution in [0.4, 0.5) is 102 Å². The Labute approximate surface area is 872 Å². The molecule has 0 fully saturated rings. The van der Waals surface area contributed by atoms with Gasteiger partial charge in [-0.2, -0.15) is 0 Å². The van der Waals surface area contributed by atoms with E-state index in [9.17, 15) is 0 Å². The molecule has 3 unspecified atom stereocenters. The molecule has 0 aliphatic rings. The molecule has 6 nitrogen and oxygen atoms in total. The fourth-order valence-electron chi connectivity index (χ4n) is 20.1. The summed E-state index contributed by atoms with van der Waals surface area (Å²) in [6.07, 6.45) is 3.37. The Hall–Kier alpha value is -18.1. The average Bonchev–Trinajstić information content (AvgIpc) is 0.775. The molecule has 0 radical (unpaired) electrons. The number of rotatable bonds is 28. The van der Waals surface area contributed by atoms with Gasteiger partial charge >= 0.3 is 0 Å². The second kappa shape index (κ2) is 45.2. The Morgan fingerprint density at radius 3 is 0.568 bits per heavy atom. The lowest BCUT2D eigenvalue weighted by Crippen LogP contribution is -2.12. The van der Waals surface area contributed by atoms with Crippen molar-refractivity contribution in [1.29, 1.82) is 0 Å². The van der Waals surface area contributed by atoms with Crippen LogP contribution < -0.4 is 29.4 Å². The summed E-state index contributed by atoms with van der Waals surface area (Å²) >= 11 is 0. The predicted molar refractivity (Wildman–Crippen MR) is 635 cm³/mol. The molecule has 0 N–H and O–H groups in total. The van der Waals surface area contributed by atoms with Crippen molar-refractivity contribution >= 4 is 145 Å². The second-order valence-corrected chi connectivity index (χ2v) is 38.3. The number of fused-ring (bicyclic) bond motifs is 4. The zero-order valence-electron chi connectivity index (χ0n) is 84.7. The summed E-state index contributed by atoms with van der Waals surface area (Å²) in [5.41, 5.74) is 33.9. The summed E-state index contributed by atoms with van der Waals surface area (Å²) in [5.74, 6) is 1.59. The minimum atomic E-state index is 0.525. The van der Waals surface area contributed by atoms with Crippen molar-refractivity contribution in [2.24, 2.45) is 0 Å². The maximum absolute atomic E-state index is 2.38. The molecule has 0 bridgehead atoms. The molecular weight excluding hydrogens is 1790 g/mol. The van der Waals surface area contributed by atoms with Crippen LogP contribution >= 0.6 is 0 Å². The molecule has 23 rings (SSSR count). The van der Waals surface area contributed by atoms with E-state index in [1.54, 1.807) is 0 Å². The van der Waals surface area contributed by atoms with Crippen molar-refractivity contribution in [2.45, 2.75) is 78.6 Å². The van der Waals surface area contributed by atoms with E-state index in [1.165, 1.54) is 104 Å². The molecule has 0 aromatic heterocycles. The monoisotopic (exact) mass is 1910 g/mol. The highest BCUT2D eigenvalue weighted by molar-refractivity contribution is 6.00. The summed E-state index contributed by atoms with van der Waals surface area (Å²) in [6.45, 7) is 13.6. The van der Waals surface area contributed by atoms with Crippen LogP contribution in [0.25, 0.3) is 87.6 Å². The number of anilines is 18. The van der Waals surface area contributed by atoms with Crippen molar-refractivity contribution in [3.8, 4) is 44.5 Å². The van der Waals surface area contributed by atoms with Crippen LogP contribution in [-0.4, -0.2) is 0 Å². The van der Waals surface area contributed by atoms with Crippen molar-refractivity contribution in [3.63, 3.8) is 0 Å². The molecule has 0 saturated carbocycles. The van der Waals surface area contributed by atoms with Gasteiger partial charge < -0.3 is 29.4 Å². The Morgan fingerprint density at radius 1 is 0.135 bits per heavy atom. The van der Waals surface area contributed by atoms with Crippen LogP contribution in [0.15, 0.2) is 564 Å². The zero-order chi connectivity index (χ0) is 100. The van der Waals surface area contributed by atoms with Crippen molar-refractivity contribution in [3.05, 3.63) is 581 Å². The molecule has 23 aromatic rings. The van der Waals surface area contributed by atoms with E-state index in [4.69, 9.17) is 0 Å². The molecule has 3 atom stereocenters. The minimum Gasteiger partial charge on any atom is -0.311 e. The third kappa shape index (κ3) is 21.6. The first-order valence-corrected chi connectivity index (χ1v) is 52.0. The second-order valence-electron chi connectivity index (χ2n) is 38.3. The number of para-hydroxylation sites is 1. The van der Waals surface area contributed by atoms with Crippen LogP contribution in [0.1, 0.15) is 95.2 Å². The molecular formula is C142H120N6. The van der Waals surface area contributed by atoms with Gasteiger partial charge in [-0.25, -0.2) is 0 Å².